The summed E-state index contributed by atoms with van der Waals surface area (Å²) in [6.07, 6.45) is 0.837. The number of hydrogen-bond donors (Lipinski definition) is 2. The second kappa shape index (κ2) is 11.8. The molecule has 2 N–H and O–H groups in total. The van der Waals surface area contributed by atoms with Crippen molar-refractivity contribution in [2.75, 3.05) is 32.1 Å². The molecule has 0 aliphatic heterocycles. The molecule has 0 radical (unpaired) electrons. The SMILES string of the molecule is CCc1ccccc1C(=O)N(CCN(C)C)c1ccc(Cl)cc1.O=C(O)C(=O)O. The lowest BCUT2D eigenvalue weighted by Crippen LogP contribution is -2.37. The Bertz CT molecular complexity index is 825. The number of carboxylic acids is 2. The molecular formula is C21H25ClN2O5. The predicted octanol–water partition coefficient (Wildman–Crippen LogP) is 3.27. The molecule has 0 atom stereocenters. The standard InChI is InChI=1S/C19H23ClN2O.C2H2O4/c1-4-15-7-5-6-8-18(15)19(23)22(14-13-21(2)3)17-11-9-16(20)10-12-17;3-1(4)2(5)6/h5-12H,4,13-14H2,1-3H3;(H,3,4)(H,5,6). The minimum atomic E-state index is -1.82. The number of benzene rings is 2. The van der Waals surface area contributed by atoms with Crippen LogP contribution < -0.4 is 4.90 Å². The Morgan fingerprint density at radius 1 is 0.897 bits per heavy atom. The summed E-state index contributed by atoms with van der Waals surface area (Å²) in [5.41, 5.74) is 2.71. The lowest BCUT2D eigenvalue weighted by molar-refractivity contribution is -0.159. The molecule has 0 aliphatic carbocycles. The summed E-state index contributed by atoms with van der Waals surface area (Å²) in [6, 6.07) is 15.2. The van der Waals surface area contributed by atoms with Crippen LogP contribution in [0.15, 0.2) is 48.5 Å². The maximum absolute atomic E-state index is 13.1. The molecule has 2 aromatic rings. The number of halogens is 1. The van der Waals surface area contributed by atoms with E-state index in [0.29, 0.717) is 11.6 Å². The second-order valence-electron chi connectivity index (χ2n) is 6.36. The molecule has 2 aromatic carbocycles. The van der Waals surface area contributed by atoms with Crippen molar-refractivity contribution in [1.29, 1.82) is 0 Å². The minimum absolute atomic E-state index is 0.0339. The number of carboxylic acid groups (broad SMARTS) is 2. The van der Waals surface area contributed by atoms with Gasteiger partial charge in [0.05, 0.1) is 0 Å². The highest BCUT2D eigenvalue weighted by atomic mass is 35.5. The molecule has 0 saturated heterocycles. The van der Waals surface area contributed by atoms with Crippen molar-refractivity contribution in [3.63, 3.8) is 0 Å². The largest absolute Gasteiger partial charge is 0.473 e. The van der Waals surface area contributed by atoms with E-state index in [1.165, 1.54) is 0 Å². The Labute approximate surface area is 175 Å². The van der Waals surface area contributed by atoms with Gasteiger partial charge in [0.2, 0.25) is 0 Å². The van der Waals surface area contributed by atoms with E-state index in [2.05, 4.69) is 11.8 Å². The summed E-state index contributed by atoms with van der Waals surface area (Å²) in [4.78, 5) is 35.2. The van der Waals surface area contributed by atoms with E-state index >= 15 is 0 Å². The number of aliphatic carboxylic acids is 2. The molecular weight excluding hydrogens is 396 g/mol. The van der Waals surface area contributed by atoms with Crippen LogP contribution >= 0.6 is 11.6 Å². The molecule has 0 saturated carbocycles. The Morgan fingerprint density at radius 3 is 1.93 bits per heavy atom. The molecule has 2 rings (SSSR count). The molecule has 29 heavy (non-hydrogen) atoms. The lowest BCUT2D eigenvalue weighted by Gasteiger charge is -2.25. The second-order valence-corrected chi connectivity index (χ2v) is 6.79. The lowest BCUT2D eigenvalue weighted by atomic mass is 10.0. The number of carbonyl (C=O) groups excluding carboxylic acids is 1. The summed E-state index contributed by atoms with van der Waals surface area (Å²) in [6.45, 7) is 3.49. The molecule has 0 fully saturated rings. The van der Waals surface area contributed by atoms with Gasteiger partial charge in [-0.25, -0.2) is 9.59 Å². The van der Waals surface area contributed by atoms with Crippen LogP contribution in [0.4, 0.5) is 5.69 Å². The summed E-state index contributed by atoms with van der Waals surface area (Å²) >= 11 is 5.98. The number of rotatable bonds is 6. The van der Waals surface area contributed by atoms with E-state index in [-0.39, 0.29) is 5.91 Å². The first kappa shape index (κ1) is 24.1. The van der Waals surface area contributed by atoms with Gasteiger partial charge in [0.15, 0.2) is 0 Å². The molecule has 0 aliphatic rings. The van der Waals surface area contributed by atoms with Gasteiger partial charge in [-0.3, -0.25) is 4.79 Å². The van der Waals surface area contributed by atoms with Crippen molar-refractivity contribution < 1.29 is 24.6 Å². The number of amides is 1. The van der Waals surface area contributed by atoms with Crippen LogP contribution in [0.1, 0.15) is 22.8 Å². The van der Waals surface area contributed by atoms with Crippen LogP contribution in [-0.4, -0.2) is 60.1 Å². The van der Waals surface area contributed by atoms with Crippen molar-refractivity contribution in [1.82, 2.24) is 4.90 Å². The minimum Gasteiger partial charge on any atom is -0.473 e. The number of aryl methyl sites for hydroxylation is 1. The predicted molar refractivity (Wildman–Crippen MR) is 113 cm³/mol. The Morgan fingerprint density at radius 2 is 1.45 bits per heavy atom. The van der Waals surface area contributed by atoms with Gasteiger partial charge in [-0.15, -0.1) is 0 Å². The molecule has 0 spiro atoms. The Balaban J connectivity index is 0.000000612. The number of hydrogen-bond acceptors (Lipinski definition) is 4. The number of likely N-dealkylation sites (N-methyl/N-ethyl adjacent to an activating group) is 1. The van der Waals surface area contributed by atoms with E-state index in [1.54, 1.807) is 0 Å². The molecule has 156 valence electrons. The van der Waals surface area contributed by atoms with Gasteiger partial charge in [0, 0.05) is 29.4 Å². The van der Waals surface area contributed by atoms with Crippen molar-refractivity contribution in [2.45, 2.75) is 13.3 Å². The van der Waals surface area contributed by atoms with E-state index in [4.69, 9.17) is 31.4 Å². The number of anilines is 1. The molecule has 1 amide bonds. The highest BCUT2D eigenvalue weighted by molar-refractivity contribution is 6.30. The highest BCUT2D eigenvalue weighted by Gasteiger charge is 2.19. The average molecular weight is 421 g/mol. The van der Waals surface area contributed by atoms with Crippen molar-refractivity contribution in [2.24, 2.45) is 0 Å². The zero-order valence-corrected chi connectivity index (χ0v) is 17.4. The maximum atomic E-state index is 13.1. The van der Waals surface area contributed by atoms with Crippen LogP contribution in [0.5, 0.6) is 0 Å². The molecule has 0 unspecified atom stereocenters. The summed E-state index contributed by atoms with van der Waals surface area (Å²) in [5.74, 6) is -3.61. The van der Waals surface area contributed by atoms with Gasteiger partial charge in [0.25, 0.3) is 5.91 Å². The van der Waals surface area contributed by atoms with E-state index < -0.39 is 11.9 Å². The van der Waals surface area contributed by atoms with Gasteiger partial charge in [-0.2, -0.15) is 0 Å². The highest BCUT2D eigenvalue weighted by Crippen LogP contribution is 2.21. The topological polar surface area (TPSA) is 98.2 Å². The van der Waals surface area contributed by atoms with Crippen LogP contribution in [0.2, 0.25) is 5.02 Å². The molecule has 0 heterocycles. The Hall–Kier alpha value is -2.90. The van der Waals surface area contributed by atoms with Gasteiger partial charge >= 0.3 is 11.9 Å². The van der Waals surface area contributed by atoms with E-state index in [9.17, 15) is 4.79 Å². The molecule has 0 aromatic heterocycles. The molecule has 8 heteroatoms. The third-order valence-corrected chi connectivity index (χ3v) is 4.22. The third kappa shape index (κ3) is 7.93. The summed E-state index contributed by atoms with van der Waals surface area (Å²) in [7, 11) is 4.01. The fourth-order valence-electron chi connectivity index (χ4n) is 2.45. The first-order chi connectivity index (χ1) is 13.7. The zero-order valence-electron chi connectivity index (χ0n) is 16.6. The van der Waals surface area contributed by atoms with Crippen molar-refractivity contribution in [3.8, 4) is 0 Å². The van der Waals surface area contributed by atoms with Crippen LogP contribution in [0.25, 0.3) is 0 Å². The fourth-order valence-corrected chi connectivity index (χ4v) is 2.58. The monoisotopic (exact) mass is 420 g/mol. The normalized spacial score (nSPS) is 10.1. The number of carbonyl (C=O) groups is 3. The Kier molecular flexibility index (Phi) is 9.85. The third-order valence-electron chi connectivity index (χ3n) is 3.97. The molecule has 7 nitrogen and oxygen atoms in total. The van der Waals surface area contributed by atoms with Crippen LogP contribution in [0.3, 0.4) is 0 Å². The van der Waals surface area contributed by atoms with Gasteiger partial charge in [-0.1, -0.05) is 36.7 Å². The number of nitrogens with zero attached hydrogens (tertiary/aromatic N) is 2. The van der Waals surface area contributed by atoms with Crippen molar-refractivity contribution >= 4 is 35.1 Å². The van der Waals surface area contributed by atoms with Crippen LogP contribution in [0, 0.1) is 0 Å². The van der Waals surface area contributed by atoms with Crippen molar-refractivity contribution in [3.05, 3.63) is 64.7 Å². The summed E-state index contributed by atoms with van der Waals surface area (Å²) < 4.78 is 0. The smallest absolute Gasteiger partial charge is 0.414 e. The first-order valence-corrected chi connectivity index (χ1v) is 9.31. The molecule has 0 bridgehead atoms. The fraction of sp³-hybridized carbons (Fsp3) is 0.286. The quantitative estimate of drug-likeness (QED) is 0.696. The first-order valence-electron chi connectivity index (χ1n) is 8.93. The zero-order chi connectivity index (χ0) is 22.0. The van der Waals surface area contributed by atoms with Gasteiger partial charge < -0.3 is 20.0 Å². The van der Waals surface area contributed by atoms with Crippen LogP contribution in [-0.2, 0) is 16.0 Å². The summed E-state index contributed by atoms with van der Waals surface area (Å²) in [5, 5.41) is 15.5. The average Bonchev–Trinajstić information content (AvgIpc) is 2.69. The van der Waals surface area contributed by atoms with Gasteiger partial charge in [-0.05, 0) is 56.4 Å². The van der Waals surface area contributed by atoms with Gasteiger partial charge in [0.1, 0.15) is 0 Å². The maximum Gasteiger partial charge on any atom is 0.414 e. The van der Waals surface area contributed by atoms with E-state index in [1.807, 2.05) is 67.5 Å². The van der Waals surface area contributed by atoms with E-state index in [0.717, 1.165) is 29.8 Å².